The first-order valence-corrected chi connectivity index (χ1v) is 6.89. The summed E-state index contributed by atoms with van der Waals surface area (Å²) < 4.78 is 0. The Labute approximate surface area is 116 Å². The van der Waals surface area contributed by atoms with Gasteiger partial charge in [-0.15, -0.1) is 0 Å². The van der Waals surface area contributed by atoms with Crippen molar-refractivity contribution in [2.45, 2.75) is 39.5 Å². The molecule has 0 bridgehead atoms. The van der Waals surface area contributed by atoms with Crippen LogP contribution in [0.2, 0.25) is 0 Å². The Morgan fingerprint density at radius 1 is 1.26 bits per heavy atom. The summed E-state index contributed by atoms with van der Waals surface area (Å²) >= 11 is 0. The number of amides is 1. The van der Waals surface area contributed by atoms with Gasteiger partial charge >= 0.3 is 0 Å². The summed E-state index contributed by atoms with van der Waals surface area (Å²) in [5, 5.41) is 3.10. The van der Waals surface area contributed by atoms with Gasteiger partial charge in [0.2, 0.25) is 5.91 Å². The molecule has 0 aliphatic heterocycles. The molecule has 0 spiro atoms. The topological polar surface area (TPSA) is 55.1 Å². The number of nitrogens with two attached hydrogens (primary N) is 1. The summed E-state index contributed by atoms with van der Waals surface area (Å²) in [6, 6.07) is 8.77. The highest BCUT2D eigenvalue weighted by Crippen LogP contribution is 2.23. The Balaban J connectivity index is 2.64. The zero-order valence-electron chi connectivity index (χ0n) is 12.5. The van der Waals surface area contributed by atoms with Crippen molar-refractivity contribution in [3.63, 3.8) is 0 Å². The van der Waals surface area contributed by atoms with Gasteiger partial charge in [0.05, 0.1) is 6.54 Å². The average Bonchev–Trinajstić information content (AvgIpc) is 2.28. The van der Waals surface area contributed by atoms with Gasteiger partial charge in [0.15, 0.2) is 0 Å². The van der Waals surface area contributed by atoms with E-state index < -0.39 is 0 Å². The Morgan fingerprint density at radius 3 is 2.32 bits per heavy atom. The van der Waals surface area contributed by atoms with Crippen molar-refractivity contribution in [1.82, 2.24) is 5.32 Å². The van der Waals surface area contributed by atoms with Crippen LogP contribution in [0.1, 0.15) is 38.8 Å². The fourth-order valence-corrected chi connectivity index (χ4v) is 2.16. The number of primary amides is 1. The first kappa shape index (κ1) is 15.7. The van der Waals surface area contributed by atoms with Gasteiger partial charge in [-0.1, -0.05) is 52.0 Å². The van der Waals surface area contributed by atoms with Gasteiger partial charge in [-0.2, -0.15) is 0 Å². The summed E-state index contributed by atoms with van der Waals surface area (Å²) in [7, 11) is 0. The van der Waals surface area contributed by atoms with Crippen LogP contribution in [0.5, 0.6) is 0 Å². The molecule has 1 aromatic carbocycles. The van der Waals surface area contributed by atoms with Gasteiger partial charge in [-0.05, 0) is 23.5 Å². The molecule has 3 N–H and O–H groups in total. The van der Waals surface area contributed by atoms with Crippen molar-refractivity contribution in [3.8, 4) is 0 Å². The second-order valence-corrected chi connectivity index (χ2v) is 6.25. The van der Waals surface area contributed by atoms with E-state index in [2.05, 4.69) is 57.3 Å². The monoisotopic (exact) mass is 262 g/mol. The molecule has 0 aromatic heterocycles. The van der Waals surface area contributed by atoms with Crippen LogP contribution in [0.3, 0.4) is 0 Å². The van der Waals surface area contributed by atoms with Crippen molar-refractivity contribution in [3.05, 3.63) is 35.4 Å². The second kappa shape index (κ2) is 6.71. The van der Waals surface area contributed by atoms with Gasteiger partial charge in [-0.3, -0.25) is 4.79 Å². The van der Waals surface area contributed by atoms with Crippen LogP contribution in [-0.2, 0) is 16.6 Å². The molecule has 1 amide bonds. The molecule has 106 valence electrons. The number of hydrogen-bond acceptors (Lipinski definition) is 2. The molecular formula is C16H26N2O. The third kappa shape index (κ3) is 5.43. The number of benzene rings is 1. The molecule has 0 radical (unpaired) electrons. The average molecular weight is 262 g/mol. The fourth-order valence-electron chi connectivity index (χ4n) is 2.16. The predicted molar refractivity (Wildman–Crippen MR) is 80.1 cm³/mol. The second-order valence-electron chi connectivity index (χ2n) is 6.25. The largest absolute Gasteiger partial charge is 0.369 e. The quantitative estimate of drug-likeness (QED) is 0.792. The number of hydrogen-bond donors (Lipinski definition) is 2. The lowest BCUT2D eigenvalue weighted by Gasteiger charge is -2.26. The Bertz CT molecular complexity index is 407. The molecule has 19 heavy (non-hydrogen) atoms. The van der Waals surface area contributed by atoms with Crippen LogP contribution in [0, 0.1) is 5.92 Å². The molecule has 3 heteroatoms. The Kier molecular flexibility index (Phi) is 5.55. The van der Waals surface area contributed by atoms with Crippen LogP contribution >= 0.6 is 0 Å². The van der Waals surface area contributed by atoms with E-state index >= 15 is 0 Å². The number of carbonyl (C=O) groups excluding carboxylic acids is 1. The lowest BCUT2D eigenvalue weighted by atomic mass is 9.84. The summed E-state index contributed by atoms with van der Waals surface area (Å²) in [6.07, 6.45) is 1.11. The van der Waals surface area contributed by atoms with Crippen LogP contribution in [0.4, 0.5) is 0 Å². The van der Waals surface area contributed by atoms with Crippen LogP contribution in [0.15, 0.2) is 24.3 Å². The van der Waals surface area contributed by atoms with Crippen LogP contribution in [0.25, 0.3) is 0 Å². The molecule has 1 aromatic rings. The minimum atomic E-state index is -0.317. The summed E-state index contributed by atoms with van der Waals surface area (Å²) in [5.74, 6) is 0.360. The fraction of sp³-hybridized carbons (Fsp3) is 0.562. The SMILES string of the molecule is CC(C)Cc1ccc(C(C)(C)CNCC(N)=O)cc1. The Morgan fingerprint density at radius 2 is 1.84 bits per heavy atom. The maximum absolute atomic E-state index is 10.7. The molecule has 0 saturated heterocycles. The molecular weight excluding hydrogens is 236 g/mol. The van der Waals surface area contributed by atoms with E-state index in [1.54, 1.807) is 0 Å². The highest BCUT2D eigenvalue weighted by atomic mass is 16.1. The van der Waals surface area contributed by atoms with Crippen molar-refractivity contribution >= 4 is 5.91 Å². The predicted octanol–water partition coefficient (Wildman–Crippen LogP) is 2.24. The number of nitrogens with one attached hydrogen (secondary N) is 1. The zero-order chi connectivity index (χ0) is 14.5. The van der Waals surface area contributed by atoms with Crippen LogP contribution in [-0.4, -0.2) is 19.0 Å². The molecule has 3 nitrogen and oxygen atoms in total. The lowest BCUT2D eigenvalue weighted by Crippen LogP contribution is -2.37. The first-order valence-electron chi connectivity index (χ1n) is 6.89. The zero-order valence-corrected chi connectivity index (χ0v) is 12.5. The molecule has 0 heterocycles. The molecule has 0 saturated carbocycles. The minimum Gasteiger partial charge on any atom is -0.369 e. The maximum Gasteiger partial charge on any atom is 0.231 e. The van der Waals surface area contributed by atoms with E-state index in [1.807, 2.05) is 0 Å². The third-order valence-electron chi connectivity index (χ3n) is 3.25. The first-order chi connectivity index (χ1) is 8.81. The molecule has 1 rings (SSSR count). The van der Waals surface area contributed by atoms with E-state index in [1.165, 1.54) is 11.1 Å². The molecule has 0 unspecified atom stereocenters. The molecule has 0 atom stereocenters. The standard InChI is InChI=1S/C16H26N2O/c1-12(2)9-13-5-7-14(8-6-13)16(3,4)11-18-10-15(17)19/h5-8,12,18H,9-11H2,1-4H3,(H2,17,19). The number of carbonyl (C=O) groups is 1. The van der Waals surface area contributed by atoms with E-state index in [4.69, 9.17) is 5.73 Å². The number of rotatable bonds is 7. The highest BCUT2D eigenvalue weighted by Gasteiger charge is 2.20. The van der Waals surface area contributed by atoms with Gasteiger partial charge in [-0.25, -0.2) is 0 Å². The van der Waals surface area contributed by atoms with Crippen molar-refractivity contribution in [1.29, 1.82) is 0 Å². The molecule has 0 fully saturated rings. The summed E-state index contributed by atoms with van der Waals surface area (Å²) in [4.78, 5) is 10.7. The van der Waals surface area contributed by atoms with Crippen molar-refractivity contribution < 1.29 is 4.79 Å². The van der Waals surface area contributed by atoms with Crippen molar-refractivity contribution in [2.75, 3.05) is 13.1 Å². The van der Waals surface area contributed by atoms with E-state index in [9.17, 15) is 4.79 Å². The highest BCUT2D eigenvalue weighted by molar-refractivity contribution is 5.75. The molecule has 0 aliphatic carbocycles. The minimum absolute atomic E-state index is 0.00812. The van der Waals surface area contributed by atoms with Crippen molar-refractivity contribution in [2.24, 2.45) is 11.7 Å². The van der Waals surface area contributed by atoms with Gasteiger partial charge in [0, 0.05) is 12.0 Å². The van der Waals surface area contributed by atoms with E-state index in [0.29, 0.717) is 5.92 Å². The van der Waals surface area contributed by atoms with E-state index in [0.717, 1.165) is 13.0 Å². The molecule has 0 aliphatic rings. The summed E-state index contributed by atoms with van der Waals surface area (Å²) in [6.45, 7) is 9.75. The Hall–Kier alpha value is -1.35. The summed E-state index contributed by atoms with van der Waals surface area (Å²) in [5.41, 5.74) is 7.77. The van der Waals surface area contributed by atoms with Gasteiger partial charge < -0.3 is 11.1 Å². The van der Waals surface area contributed by atoms with Crippen LogP contribution < -0.4 is 11.1 Å². The van der Waals surface area contributed by atoms with E-state index in [-0.39, 0.29) is 17.9 Å². The third-order valence-corrected chi connectivity index (χ3v) is 3.25. The lowest BCUT2D eigenvalue weighted by molar-refractivity contribution is -0.117. The van der Waals surface area contributed by atoms with Gasteiger partial charge in [0.1, 0.15) is 0 Å². The normalized spacial score (nSPS) is 11.8. The van der Waals surface area contributed by atoms with Gasteiger partial charge in [0.25, 0.3) is 0 Å². The maximum atomic E-state index is 10.7. The smallest absolute Gasteiger partial charge is 0.231 e.